The quantitative estimate of drug-likeness (QED) is 0.466. The molecule has 0 aliphatic carbocycles. The van der Waals surface area contributed by atoms with Gasteiger partial charge in [-0.3, -0.25) is 29.0 Å². The molecule has 0 atom stereocenters. The normalized spacial score (nSPS) is 20.8. The molecule has 2 aliphatic heterocycles. The van der Waals surface area contributed by atoms with Crippen LogP contribution in [0, 0.1) is 0 Å². The van der Waals surface area contributed by atoms with Crippen LogP contribution in [-0.2, 0) is 38.1 Å². The van der Waals surface area contributed by atoms with E-state index in [4.69, 9.17) is 24.1 Å². The highest BCUT2D eigenvalue weighted by atomic mass is 16.5. The van der Waals surface area contributed by atoms with Crippen molar-refractivity contribution in [1.82, 2.24) is 14.7 Å². The Balaban J connectivity index is 1.75. The molecule has 0 bridgehead atoms. The third kappa shape index (κ3) is 11.2. The van der Waals surface area contributed by atoms with Crippen LogP contribution in [0.15, 0.2) is 12.2 Å². The van der Waals surface area contributed by atoms with Gasteiger partial charge in [-0.25, -0.2) is 0 Å². The summed E-state index contributed by atoms with van der Waals surface area (Å²) in [5.74, 6) is -1.70. The molecule has 34 heavy (non-hydrogen) atoms. The van der Waals surface area contributed by atoms with Gasteiger partial charge in [0.05, 0.1) is 59.4 Å². The topological polar surface area (TPSA) is 135 Å². The van der Waals surface area contributed by atoms with Crippen molar-refractivity contribution in [2.24, 2.45) is 0 Å². The summed E-state index contributed by atoms with van der Waals surface area (Å²) >= 11 is 0. The van der Waals surface area contributed by atoms with Crippen LogP contribution in [0.2, 0.25) is 0 Å². The molecule has 1 fully saturated rings. The molecular weight excluding hydrogens is 450 g/mol. The largest absolute Gasteiger partial charge is 0.480 e. The minimum Gasteiger partial charge on any atom is -0.480 e. The first-order chi connectivity index (χ1) is 16.5. The van der Waals surface area contributed by atoms with Gasteiger partial charge in [-0.15, -0.1) is 0 Å². The van der Waals surface area contributed by atoms with E-state index < -0.39 is 5.97 Å². The van der Waals surface area contributed by atoms with Crippen LogP contribution >= 0.6 is 0 Å². The number of hydrogen-bond acceptors (Lipinski definition) is 9. The van der Waals surface area contributed by atoms with E-state index in [-0.39, 0.29) is 37.2 Å². The van der Waals surface area contributed by atoms with E-state index in [2.05, 4.69) is 0 Å². The zero-order valence-electron chi connectivity index (χ0n) is 19.5. The van der Waals surface area contributed by atoms with Crippen molar-refractivity contribution in [3.63, 3.8) is 0 Å². The SMILES string of the molecule is O=C(O)CN1CCOCCOCCN(C(=O)CCCN2C(=O)C=CC2=O)CCOCCOCC1. The Morgan fingerprint density at radius 3 is 1.71 bits per heavy atom. The number of amides is 3. The Hall–Kier alpha value is -2.38. The van der Waals surface area contributed by atoms with Crippen molar-refractivity contribution in [3.05, 3.63) is 12.2 Å². The second-order valence-electron chi connectivity index (χ2n) is 7.77. The number of hydrogen-bond donors (Lipinski definition) is 1. The van der Waals surface area contributed by atoms with Gasteiger partial charge in [0.1, 0.15) is 0 Å². The van der Waals surface area contributed by atoms with Gasteiger partial charge in [-0.1, -0.05) is 0 Å². The minimum absolute atomic E-state index is 0.0783. The van der Waals surface area contributed by atoms with Crippen molar-refractivity contribution in [3.8, 4) is 0 Å². The lowest BCUT2D eigenvalue weighted by Crippen LogP contribution is -2.38. The number of ether oxygens (including phenoxy) is 4. The van der Waals surface area contributed by atoms with Gasteiger partial charge in [0, 0.05) is 51.3 Å². The molecule has 1 N–H and O–H groups in total. The zero-order chi connectivity index (χ0) is 24.6. The molecule has 0 aromatic heterocycles. The Labute approximate surface area is 199 Å². The van der Waals surface area contributed by atoms with Gasteiger partial charge in [-0.2, -0.15) is 0 Å². The van der Waals surface area contributed by atoms with E-state index in [0.717, 1.165) is 4.90 Å². The molecule has 0 radical (unpaired) electrons. The highest BCUT2D eigenvalue weighted by Gasteiger charge is 2.23. The summed E-state index contributed by atoms with van der Waals surface area (Å²) in [5, 5.41) is 9.02. The number of carbonyl (C=O) groups is 4. The highest BCUT2D eigenvalue weighted by molar-refractivity contribution is 6.12. The number of carbonyl (C=O) groups excluding carboxylic acids is 3. The monoisotopic (exact) mass is 485 g/mol. The van der Waals surface area contributed by atoms with E-state index in [1.54, 1.807) is 9.80 Å². The summed E-state index contributed by atoms with van der Waals surface area (Å²) in [5.41, 5.74) is 0. The average molecular weight is 486 g/mol. The zero-order valence-corrected chi connectivity index (χ0v) is 19.5. The lowest BCUT2D eigenvalue weighted by atomic mass is 10.2. The standard InChI is InChI=1S/C22H35N3O9/c26-19(2-1-5-25-20(27)3-4-21(25)28)24-8-12-33-16-14-31-10-6-23(18-22(29)30)7-11-32-15-17-34-13-9-24/h3-4H,1-2,5-18H2,(H,29,30). The van der Waals surface area contributed by atoms with Crippen molar-refractivity contribution < 1.29 is 43.2 Å². The van der Waals surface area contributed by atoms with Crippen LogP contribution in [0.25, 0.3) is 0 Å². The Kier molecular flexibility index (Phi) is 13.3. The minimum atomic E-state index is -0.900. The Bertz CT molecular complexity index is 663. The van der Waals surface area contributed by atoms with Crippen molar-refractivity contribution in [1.29, 1.82) is 0 Å². The molecule has 12 heteroatoms. The van der Waals surface area contributed by atoms with Crippen LogP contribution in [0.5, 0.6) is 0 Å². The Morgan fingerprint density at radius 2 is 1.24 bits per heavy atom. The molecule has 0 aromatic carbocycles. The first-order valence-electron chi connectivity index (χ1n) is 11.5. The molecule has 3 amide bonds. The molecule has 0 aromatic rings. The Morgan fingerprint density at radius 1 is 0.765 bits per heavy atom. The summed E-state index contributed by atoms with van der Waals surface area (Å²) in [7, 11) is 0. The molecule has 2 aliphatic rings. The first-order valence-corrected chi connectivity index (χ1v) is 11.5. The molecule has 1 saturated heterocycles. The maximum absolute atomic E-state index is 12.7. The number of carboxylic acid groups (broad SMARTS) is 1. The maximum atomic E-state index is 12.7. The summed E-state index contributed by atoms with van der Waals surface area (Å²) in [6.45, 7) is 4.68. The fourth-order valence-corrected chi connectivity index (χ4v) is 3.40. The van der Waals surface area contributed by atoms with Crippen molar-refractivity contribution in [2.45, 2.75) is 12.8 Å². The summed E-state index contributed by atoms with van der Waals surface area (Å²) in [6.07, 6.45) is 3.05. The number of rotatable bonds is 6. The van der Waals surface area contributed by atoms with Gasteiger partial charge < -0.3 is 29.0 Å². The number of carboxylic acids is 1. The van der Waals surface area contributed by atoms with Gasteiger partial charge >= 0.3 is 5.97 Å². The van der Waals surface area contributed by atoms with E-state index in [0.29, 0.717) is 85.5 Å². The molecule has 2 rings (SSSR count). The predicted octanol–water partition coefficient (Wildman–Crippen LogP) is -1.01. The van der Waals surface area contributed by atoms with Crippen LogP contribution < -0.4 is 0 Å². The summed E-state index contributed by atoms with van der Waals surface area (Å²) in [4.78, 5) is 51.4. The molecule has 2 heterocycles. The predicted molar refractivity (Wildman–Crippen MR) is 119 cm³/mol. The lowest BCUT2D eigenvalue weighted by molar-refractivity contribution is -0.139. The lowest BCUT2D eigenvalue weighted by Gasteiger charge is -2.24. The van der Waals surface area contributed by atoms with E-state index in [1.165, 1.54) is 12.2 Å². The van der Waals surface area contributed by atoms with E-state index in [9.17, 15) is 19.2 Å². The first kappa shape index (κ1) is 27.9. The van der Waals surface area contributed by atoms with Crippen LogP contribution in [0.3, 0.4) is 0 Å². The molecule has 0 spiro atoms. The van der Waals surface area contributed by atoms with Crippen molar-refractivity contribution in [2.75, 3.05) is 92.1 Å². The fraction of sp³-hybridized carbons (Fsp3) is 0.727. The smallest absolute Gasteiger partial charge is 0.317 e. The average Bonchev–Trinajstić information content (AvgIpc) is 3.11. The van der Waals surface area contributed by atoms with Gasteiger partial charge in [0.25, 0.3) is 11.8 Å². The van der Waals surface area contributed by atoms with E-state index in [1.807, 2.05) is 0 Å². The van der Waals surface area contributed by atoms with Gasteiger partial charge in [0.2, 0.25) is 5.91 Å². The van der Waals surface area contributed by atoms with Gasteiger partial charge in [-0.05, 0) is 6.42 Å². The van der Waals surface area contributed by atoms with Crippen LogP contribution in [0.4, 0.5) is 0 Å². The molecular formula is C22H35N3O9. The third-order valence-corrected chi connectivity index (χ3v) is 5.24. The van der Waals surface area contributed by atoms with Gasteiger partial charge in [0.15, 0.2) is 0 Å². The fourth-order valence-electron chi connectivity index (χ4n) is 3.40. The summed E-state index contributed by atoms with van der Waals surface area (Å²) < 4.78 is 22.2. The maximum Gasteiger partial charge on any atom is 0.317 e. The number of aliphatic carboxylic acids is 1. The second-order valence-corrected chi connectivity index (χ2v) is 7.77. The second kappa shape index (κ2) is 16.3. The molecule has 192 valence electrons. The van der Waals surface area contributed by atoms with Crippen LogP contribution in [-0.4, -0.2) is 136 Å². The third-order valence-electron chi connectivity index (χ3n) is 5.24. The molecule has 0 unspecified atom stereocenters. The highest BCUT2D eigenvalue weighted by Crippen LogP contribution is 2.07. The van der Waals surface area contributed by atoms with Crippen LogP contribution in [0.1, 0.15) is 12.8 Å². The van der Waals surface area contributed by atoms with Crippen molar-refractivity contribution >= 4 is 23.7 Å². The number of imide groups is 1. The molecule has 0 saturated carbocycles. The molecule has 12 nitrogen and oxygen atoms in total. The van der Waals surface area contributed by atoms with E-state index >= 15 is 0 Å². The number of nitrogens with zero attached hydrogens (tertiary/aromatic N) is 3. The summed E-state index contributed by atoms with van der Waals surface area (Å²) in [6, 6.07) is 0.